The van der Waals surface area contributed by atoms with Crippen molar-refractivity contribution in [3.8, 4) is 11.4 Å². The van der Waals surface area contributed by atoms with E-state index in [-0.39, 0.29) is 17.2 Å². The lowest BCUT2D eigenvalue weighted by atomic mass is 10.2. The summed E-state index contributed by atoms with van der Waals surface area (Å²) in [5, 5.41) is 0.876. The molecule has 1 unspecified atom stereocenters. The van der Waals surface area contributed by atoms with Gasteiger partial charge in [0, 0.05) is 49.0 Å². The van der Waals surface area contributed by atoms with Crippen LogP contribution in [0.5, 0.6) is 0 Å². The standard InChI is InChI=1S/C21H25ClN6O3/c1-12-11-27(20(30)31-21(2,3)4)8-9-28(12)18-15(22)19(29)26-17(25-18)14-10-24-16-13(14)6-5-7-23-16/h5-7,10,12H,8-9,11H2,1-4H3,(H,23,24)(H,25,26,29). The third-order valence-corrected chi connectivity index (χ3v) is 5.44. The van der Waals surface area contributed by atoms with E-state index in [1.165, 1.54) is 0 Å². The minimum absolute atomic E-state index is 0.0271. The van der Waals surface area contributed by atoms with Gasteiger partial charge in [0.25, 0.3) is 5.56 Å². The Morgan fingerprint density at radius 3 is 2.81 bits per heavy atom. The van der Waals surface area contributed by atoms with Gasteiger partial charge in [-0.05, 0) is 39.8 Å². The number of hydrogen-bond acceptors (Lipinski definition) is 6. The van der Waals surface area contributed by atoms with Crippen LogP contribution in [0.15, 0.2) is 29.3 Å². The van der Waals surface area contributed by atoms with E-state index >= 15 is 0 Å². The molecule has 0 bridgehead atoms. The molecule has 164 valence electrons. The van der Waals surface area contributed by atoms with Crippen molar-refractivity contribution < 1.29 is 9.53 Å². The monoisotopic (exact) mass is 444 g/mol. The third kappa shape index (κ3) is 4.23. The highest BCUT2D eigenvalue weighted by Gasteiger charge is 2.32. The number of piperazine rings is 1. The molecule has 1 aliphatic heterocycles. The molecule has 1 fully saturated rings. The summed E-state index contributed by atoms with van der Waals surface area (Å²) in [6.07, 6.45) is 3.10. The molecule has 2 N–H and O–H groups in total. The molecular formula is C21H25ClN6O3. The van der Waals surface area contributed by atoms with E-state index in [4.69, 9.17) is 16.3 Å². The normalized spacial score (nSPS) is 17.3. The van der Waals surface area contributed by atoms with Crippen molar-refractivity contribution in [2.45, 2.75) is 39.3 Å². The average molecular weight is 445 g/mol. The number of ether oxygens (including phenoxy) is 1. The molecule has 4 rings (SSSR count). The zero-order valence-electron chi connectivity index (χ0n) is 17.9. The first-order chi connectivity index (χ1) is 14.6. The number of hydrogen-bond donors (Lipinski definition) is 2. The molecule has 0 radical (unpaired) electrons. The van der Waals surface area contributed by atoms with Gasteiger partial charge in [0.2, 0.25) is 0 Å². The van der Waals surface area contributed by atoms with Crippen molar-refractivity contribution in [1.82, 2.24) is 24.8 Å². The van der Waals surface area contributed by atoms with Gasteiger partial charge in [-0.1, -0.05) is 11.6 Å². The first-order valence-electron chi connectivity index (χ1n) is 10.1. The van der Waals surface area contributed by atoms with Gasteiger partial charge in [0.05, 0.1) is 0 Å². The number of halogens is 1. The number of fused-ring (bicyclic) bond motifs is 1. The number of anilines is 1. The second kappa shape index (κ2) is 7.88. The fraction of sp³-hybridized carbons (Fsp3) is 0.429. The highest BCUT2D eigenvalue weighted by molar-refractivity contribution is 6.32. The average Bonchev–Trinajstić information content (AvgIpc) is 3.13. The number of carbonyl (C=O) groups is 1. The van der Waals surface area contributed by atoms with Crippen LogP contribution in [0.1, 0.15) is 27.7 Å². The van der Waals surface area contributed by atoms with E-state index in [0.717, 1.165) is 10.9 Å². The Kier molecular flexibility index (Phi) is 5.38. The van der Waals surface area contributed by atoms with Gasteiger partial charge < -0.3 is 24.5 Å². The zero-order valence-corrected chi connectivity index (χ0v) is 18.7. The van der Waals surface area contributed by atoms with E-state index < -0.39 is 11.2 Å². The van der Waals surface area contributed by atoms with E-state index in [9.17, 15) is 9.59 Å². The van der Waals surface area contributed by atoms with Gasteiger partial charge >= 0.3 is 6.09 Å². The van der Waals surface area contributed by atoms with Crippen LogP contribution in [0, 0.1) is 0 Å². The van der Waals surface area contributed by atoms with Crippen molar-refractivity contribution in [3.63, 3.8) is 0 Å². The van der Waals surface area contributed by atoms with Gasteiger partial charge in [0.15, 0.2) is 5.82 Å². The Morgan fingerprint density at radius 1 is 1.32 bits per heavy atom. The van der Waals surface area contributed by atoms with Crippen LogP contribution in [0.3, 0.4) is 0 Å². The zero-order chi connectivity index (χ0) is 22.3. The summed E-state index contributed by atoms with van der Waals surface area (Å²) >= 11 is 6.36. The fourth-order valence-corrected chi connectivity index (χ4v) is 3.88. The quantitative estimate of drug-likeness (QED) is 0.627. The summed E-state index contributed by atoms with van der Waals surface area (Å²) < 4.78 is 5.48. The molecule has 0 spiro atoms. The van der Waals surface area contributed by atoms with Gasteiger partial charge in [-0.3, -0.25) is 4.79 Å². The van der Waals surface area contributed by atoms with Crippen LogP contribution in [-0.4, -0.2) is 62.2 Å². The van der Waals surface area contributed by atoms with E-state index in [1.807, 2.05) is 44.7 Å². The van der Waals surface area contributed by atoms with Gasteiger partial charge in [-0.15, -0.1) is 0 Å². The third-order valence-electron chi connectivity index (χ3n) is 5.10. The maximum Gasteiger partial charge on any atom is 0.410 e. The summed E-state index contributed by atoms with van der Waals surface area (Å²) in [6.45, 7) is 8.84. The van der Waals surface area contributed by atoms with Gasteiger partial charge in [-0.2, -0.15) is 0 Å². The number of pyridine rings is 1. The number of aromatic nitrogens is 4. The van der Waals surface area contributed by atoms with Gasteiger partial charge in [-0.25, -0.2) is 14.8 Å². The first-order valence-corrected chi connectivity index (χ1v) is 10.5. The molecule has 0 aliphatic carbocycles. The Labute approximate surface area is 184 Å². The lowest BCUT2D eigenvalue weighted by molar-refractivity contribution is 0.0218. The molecule has 0 aromatic carbocycles. The SMILES string of the molecule is CC1CN(C(=O)OC(C)(C)C)CCN1c1nc(-c2c[nH]c3ncccc23)[nH]c(=O)c1Cl. The molecular weight excluding hydrogens is 420 g/mol. The number of nitrogens with zero attached hydrogens (tertiary/aromatic N) is 4. The molecule has 9 nitrogen and oxygen atoms in total. The first kappa shape index (κ1) is 21.2. The molecule has 1 saturated heterocycles. The van der Waals surface area contributed by atoms with Crippen LogP contribution in [0.2, 0.25) is 5.02 Å². The summed E-state index contributed by atoms with van der Waals surface area (Å²) in [5.41, 5.74) is 0.467. The Hall–Kier alpha value is -3.07. The smallest absolute Gasteiger partial charge is 0.410 e. The highest BCUT2D eigenvalue weighted by Crippen LogP contribution is 2.29. The van der Waals surface area contributed by atoms with Crippen LogP contribution >= 0.6 is 11.6 Å². The molecule has 1 amide bonds. The number of aromatic amines is 2. The van der Waals surface area contributed by atoms with Gasteiger partial charge in [0.1, 0.15) is 22.1 Å². The molecule has 31 heavy (non-hydrogen) atoms. The lowest BCUT2D eigenvalue weighted by Crippen LogP contribution is -2.55. The summed E-state index contributed by atoms with van der Waals surface area (Å²) in [4.78, 5) is 43.5. The van der Waals surface area contributed by atoms with E-state index in [2.05, 4.69) is 19.9 Å². The van der Waals surface area contributed by atoms with Crippen molar-refractivity contribution in [1.29, 1.82) is 0 Å². The summed E-state index contributed by atoms with van der Waals surface area (Å²) in [6, 6.07) is 3.63. The lowest BCUT2D eigenvalue weighted by Gasteiger charge is -2.41. The summed E-state index contributed by atoms with van der Waals surface area (Å²) in [7, 11) is 0. The topological polar surface area (TPSA) is 107 Å². The number of rotatable bonds is 2. The van der Waals surface area contributed by atoms with Crippen molar-refractivity contribution >= 4 is 34.5 Å². The minimum Gasteiger partial charge on any atom is -0.444 e. The molecule has 10 heteroatoms. The van der Waals surface area contributed by atoms with E-state index in [0.29, 0.717) is 36.9 Å². The highest BCUT2D eigenvalue weighted by atomic mass is 35.5. The Morgan fingerprint density at radius 2 is 2.10 bits per heavy atom. The number of amides is 1. The summed E-state index contributed by atoms with van der Waals surface area (Å²) in [5.74, 6) is 0.806. The van der Waals surface area contributed by atoms with E-state index in [1.54, 1.807) is 17.3 Å². The molecule has 0 saturated carbocycles. The predicted octanol–water partition coefficient (Wildman–Crippen LogP) is 3.41. The van der Waals surface area contributed by atoms with Crippen LogP contribution in [0.4, 0.5) is 10.6 Å². The minimum atomic E-state index is -0.557. The van der Waals surface area contributed by atoms with Crippen LogP contribution in [-0.2, 0) is 4.74 Å². The van der Waals surface area contributed by atoms with Crippen LogP contribution < -0.4 is 10.5 Å². The molecule has 1 atom stereocenters. The van der Waals surface area contributed by atoms with Crippen molar-refractivity contribution in [2.75, 3.05) is 24.5 Å². The number of carbonyl (C=O) groups excluding carboxylic acids is 1. The maximum absolute atomic E-state index is 12.6. The second-order valence-corrected chi connectivity index (χ2v) is 9.00. The molecule has 3 aromatic heterocycles. The Bertz CT molecular complexity index is 1180. The largest absolute Gasteiger partial charge is 0.444 e. The molecule has 3 aromatic rings. The number of H-pyrrole nitrogens is 2. The Balaban J connectivity index is 1.63. The second-order valence-electron chi connectivity index (χ2n) is 8.62. The van der Waals surface area contributed by atoms with Crippen molar-refractivity contribution in [3.05, 3.63) is 39.9 Å². The fourth-order valence-electron chi connectivity index (χ4n) is 3.68. The maximum atomic E-state index is 12.6. The predicted molar refractivity (Wildman–Crippen MR) is 120 cm³/mol. The molecule has 1 aliphatic rings. The van der Waals surface area contributed by atoms with Crippen molar-refractivity contribution in [2.24, 2.45) is 0 Å². The van der Waals surface area contributed by atoms with Crippen LogP contribution in [0.25, 0.3) is 22.4 Å². The molecule has 4 heterocycles. The number of nitrogens with one attached hydrogen (secondary N) is 2.